The lowest BCUT2D eigenvalue weighted by Gasteiger charge is -2.14. The molecule has 3 aromatic rings. The van der Waals surface area contributed by atoms with Crippen LogP contribution in [0.25, 0.3) is 21.8 Å². The smallest absolute Gasteiger partial charge is 0.246 e. The number of methoxy groups -OCH3 is 1. The van der Waals surface area contributed by atoms with E-state index >= 15 is 0 Å². The van der Waals surface area contributed by atoms with E-state index in [-0.39, 0.29) is 23.0 Å². The molecular formula is C16H11N3O3. The fourth-order valence-electron chi connectivity index (χ4n) is 2.93. The van der Waals surface area contributed by atoms with Gasteiger partial charge in [0.1, 0.15) is 5.69 Å². The lowest BCUT2D eigenvalue weighted by molar-refractivity contribution is 0.0912. The van der Waals surface area contributed by atoms with E-state index in [1.165, 1.54) is 13.2 Å². The first-order chi connectivity index (χ1) is 10.6. The summed E-state index contributed by atoms with van der Waals surface area (Å²) in [5, 5.41) is 1.70. The zero-order chi connectivity index (χ0) is 15.4. The second-order valence-electron chi connectivity index (χ2n) is 5.12. The van der Waals surface area contributed by atoms with Gasteiger partial charge in [-0.2, -0.15) is 0 Å². The van der Waals surface area contributed by atoms with Crippen LogP contribution < -0.4 is 0 Å². The van der Waals surface area contributed by atoms with Gasteiger partial charge < -0.3 is 9.72 Å². The monoisotopic (exact) mass is 293 g/mol. The Hall–Kier alpha value is -3.02. The molecule has 1 N–H and O–H groups in total. The topological polar surface area (TPSA) is 84.9 Å². The zero-order valence-corrected chi connectivity index (χ0v) is 11.9. The number of hydrogen-bond acceptors (Lipinski definition) is 5. The number of H-pyrrole nitrogens is 1. The molecule has 108 valence electrons. The number of allylic oxidation sites excluding steroid dienone is 2. The van der Waals surface area contributed by atoms with Crippen molar-refractivity contribution in [2.75, 3.05) is 7.11 Å². The van der Waals surface area contributed by atoms with Crippen LogP contribution in [0.2, 0.25) is 0 Å². The molecule has 0 saturated heterocycles. The minimum absolute atomic E-state index is 0.0153. The van der Waals surface area contributed by atoms with Crippen LogP contribution in [-0.2, 0) is 4.74 Å². The quantitative estimate of drug-likeness (QED) is 0.744. The molecule has 6 heteroatoms. The Balaban J connectivity index is 2.18. The first-order valence-corrected chi connectivity index (χ1v) is 6.72. The molecule has 0 spiro atoms. The Morgan fingerprint density at radius 3 is 2.86 bits per heavy atom. The van der Waals surface area contributed by atoms with Gasteiger partial charge in [-0.1, -0.05) is 0 Å². The second kappa shape index (κ2) is 4.24. The highest BCUT2D eigenvalue weighted by atomic mass is 16.5. The lowest BCUT2D eigenvalue weighted by Crippen LogP contribution is -2.20. The SMILES string of the molecule is COC1=CC(=O)c2c(nc(C)c3c2[nH]c2ccncc23)C1=O. The number of ether oxygens (including phenoxy) is 1. The first kappa shape index (κ1) is 12.7. The van der Waals surface area contributed by atoms with E-state index in [1.54, 1.807) is 12.4 Å². The number of nitrogens with one attached hydrogen (secondary N) is 1. The zero-order valence-electron chi connectivity index (χ0n) is 11.9. The Morgan fingerprint density at radius 2 is 2.09 bits per heavy atom. The molecule has 0 aliphatic heterocycles. The number of Topliss-reactive ketones (excluding diaryl/α,β-unsaturated/α-hetero) is 1. The number of hydrogen-bond donors (Lipinski definition) is 1. The van der Waals surface area contributed by atoms with Gasteiger partial charge in [0.25, 0.3) is 0 Å². The normalized spacial score (nSPS) is 14.4. The molecule has 0 amide bonds. The van der Waals surface area contributed by atoms with Crippen molar-refractivity contribution in [3.8, 4) is 0 Å². The predicted molar refractivity (Wildman–Crippen MR) is 79.9 cm³/mol. The number of aryl methyl sites for hydroxylation is 1. The highest BCUT2D eigenvalue weighted by Gasteiger charge is 2.31. The fourth-order valence-corrected chi connectivity index (χ4v) is 2.93. The summed E-state index contributed by atoms with van der Waals surface area (Å²) in [5.74, 6) is -0.649. The Morgan fingerprint density at radius 1 is 1.27 bits per heavy atom. The molecule has 0 atom stereocenters. The Labute approximate surface area is 124 Å². The third-order valence-corrected chi connectivity index (χ3v) is 3.90. The van der Waals surface area contributed by atoms with Crippen LogP contribution in [-0.4, -0.2) is 33.6 Å². The number of ketones is 2. The molecule has 0 radical (unpaired) electrons. The molecule has 22 heavy (non-hydrogen) atoms. The number of carbonyl (C=O) groups is 2. The van der Waals surface area contributed by atoms with Gasteiger partial charge in [0.15, 0.2) is 11.5 Å². The molecule has 3 heterocycles. The molecule has 1 aliphatic rings. The van der Waals surface area contributed by atoms with Gasteiger partial charge in [0, 0.05) is 40.5 Å². The van der Waals surface area contributed by atoms with Crippen LogP contribution >= 0.6 is 0 Å². The van der Waals surface area contributed by atoms with E-state index in [9.17, 15) is 9.59 Å². The number of carbonyl (C=O) groups excluding carboxylic acids is 2. The molecule has 0 bridgehead atoms. The summed E-state index contributed by atoms with van der Waals surface area (Å²) in [7, 11) is 1.36. The van der Waals surface area contributed by atoms with Crippen LogP contribution in [0, 0.1) is 6.92 Å². The van der Waals surface area contributed by atoms with Crippen molar-refractivity contribution in [1.29, 1.82) is 0 Å². The first-order valence-electron chi connectivity index (χ1n) is 6.72. The third kappa shape index (κ3) is 1.49. The van der Waals surface area contributed by atoms with Crippen molar-refractivity contribution in [3.05, 3.63) is 47.2 Å². The second-order valence-corrected chi connectivity index (χ2v) is 5.12. The van der Waals surface area contributed by atoms with Crippen molar-refractivity contribution in [2.24, 2.45) is 0 Å². The largest absolute Gasteiger partial charge is 0.492 e. The molecular weight excluding hydrogens is 282 g/mol. The van der Waals surface area contributed by atoms with Gasteiger partial charge >= 0.3 is 0 Å². The van der Waals surface area contributed by atoms with Gasteiger partial charge in [-0.3, -0.25) is 14.6 Å². The maximum Gasteiger partial charge on any atom is 0.246 e. The predicted octanol–water partition coefficient (Wildman–Crippen LogP) is 2.33. The Bertz CT molecular complexity index is 1010. The molecule has 0 unspecified atom stereocenters. The molecule has 3 aromatic heterocycles. The summed E-state index contributed by atoms with van der Waals surface area (Å²) in [6.07, 6.45) is 4.61. The number of fused-ring (bicyclic) bond motifs is 5. The van der Waals surface area contributed by atoms with Crippen LogP contribution in [0.4, 0.5) is 0 Å². The van der Waals surface area contributed by atoms with Gasteiger partial charge in [-0.15, -0.1) is 0 Å². The number of rotatable bonds is 1. The van der Waals surface area contributed by atoms with Crippen molar-refractivity contribution >= 4 is 33.4 Å². The summed E-state index contributed by atoms with van der Waals surface area (Å²) in [4.78, 5) is 36.5. The summed E-state index contributed by atoms with van der Waals surface area (Å²) >= 11 is 0. The molecule has 0 saturated carbocycles. The minimum Gasteiger partial charge on any atom is -0.492 e. The van der Waals surface area contributed by atoms with Crippen LogP contribution in [0.5, 0.6) is 0 Å². The van der Waals surface area contributed by atoms with Gasteiger partial charge in [0.2, 0.25) is 5.78 Å². The van der Waals surface area contributed by atoms with Crippen molar-refractivity contribution in [2.45, 2.75) is 6.92 Å². The number of pyridine rings is 2. The standard InChI is InChI=1S/C16H11N3O3/c1-7-12-8-6-17-4-3-9(8)19-14(12)13-10(20)5-11(22-2)16(21)15(13)18-7/h3-6,19H,1-2H3. The number of aromatic amines is 1. The molecule has 4 rings (SSSR count). The molecule has 0 aromatic carbocycles. The summed E-state index contributed by atoms with van der Waals surface area (Å²) in [5.41, 5.74) is 2.57. The minimum atomic E-state index is -0.376. The highest BCUT2D eigenvalue weighted by Crippen LogP contribution is 2.33. The van der Waals surface area contributed by atoms with E-state index in [0.717, 1.165) is 16.3 Å². The van der Waals surface area contributed by atoms with Crippen LogP contribution in [0.3, 0.4) is 0 Å². The maximum atomic E-state index is 12.4. The van der Waals surface area contributed by atoms with E-state index in [4.69, 9.17) is 4.74 Å². The summed E-state index contributed by atoms with van der Waals surface area (Å²) in [6, 6.07) is 1.83. The average molecular weight is 293 g/mol. The van der Waals surface area contributed by atoms with Gasteiger partial charge in [0.05, 0.1) is 18.2 Å². The van der Waals surface area contributed by atoms with Crippen molar-refractivity contribution in [3.63, 3.8) is 0 Å². The van der Waals surface area contributed by atoms with Crippen LogP contribution in [0.1, 0.15) is 26.5 Å². The van der Waals surface area contributed by atoms with E-state index in [0.29, 0.717) is 16.8 Å². The average Bonchev–Trinajstić information content (AvgIpc) is 2.90. The van der Waals surface area contributed by atoms with E-state index < -0.39 is 0 Å². The van der Waals surface area contributed by atoms with E-state index in [1.807, 2.05) is 13.0 Å². The summed E-state index contributed by atoms with van der Waals surface area (Å²) < 4.78 is 4.97. The van der Waals surface area contributed by atoms with Crippen LogP contribution in [0.15, 0.2) is 30.3 Å². The van der Waals surface area contributed by atoms with E-state index in [2.05, 4.69) is 15.0 Å². The Kier molecular flexibility index (Phi) is 2.45. The fraction of sp³-hybridized carbons (Fsp3) is 0.125. The van der Waals surface area contributed by atoms with Crippen molar-refractivity contribution < 1.29 is 14.3 Å². The molecule has 6 nitrogen and oxygen atoms in total. The lowest BCUT2D eigenvalue weighted by atomic mass is 9.95. The maximum absolute atomic E-state index is 12.4. The number of aromatic nitrogens is 3. The highest BCUT2D eigenvalue weighted by molar-refractivity contribution is 6.28. The summed E-state index contributed by atoms with van der Waals surface area (Å²) in [6.45, 7) is 1.81. The third-order valence-electron chi connectivity index (χ3n) is 3.90. The number of nitrogens with zero attached hydrogens (tertiary/aromatic N) is 2. The van der Waals surface area contributed by atoms with Gasteiger partial charge in [-0.05, 0) is 13.0 Å². The molecule has 0 fully saturated rings. The van der Waals surface area contributed by atoms with Crippen molar-refractivity contribution in [1.82, 2.24) is 15.0 Å². The molecule has 1 aliphatic carbocycles. The van der Waals surface area contributed by atoms with Gasteiger partial charge in [-0.25, -0.2) is 4.98 Å².